The molecule has 2 rings (SSSR count). The van der Waals surface area contributed by atoms with Crippen LogP contribution in [-0.2, 0) is 12.8 Å². The van der Waals surface area contributed by atoms with Crippen molar-refractivity contribution in [3.05, 3.63) is 17.6 Å². The summed E-state index contributed by atoms with van der Waals surface area (Å²) < 4.78 is 1.75. The Kier molecular flexibility index (Phi) is 2.04. The number of H-pyrrole nitrogens is 1. The van der Waals surface area contributed by atoms with Crippen LogP contribution in [0.5, 0.6) is 0 Å². The van der Waals surface area contributed by atoms with Gasteiger partial charge in [0.2, 0.25) is 0 Å². The quantitative estimate of drug-likeness (QED) is 0.775. The number of aryl methyl sites for hydroxylation is 2. The van der Waals surface area contributed by atoms with Gasteiger partial charge in [-0.2, -0.15) is 4.63 Å². The molecule has 0 bridgehead atoms. The van der Waals surface area contributed by atoms with Crippen molar-refractivity contribution in [2.45, 2.75) is 33.1 Å². The molecule has 13 heavy (non-hydrogen) atoms. The van der Waals surface area contributed by atoms with E-state index in [1.807, 2.05) is 0 Å². The van der Waals surface area contributed by atoms with Gasteiger partial charge < -0.3 is 0 Å². The lowest BCUT2D eigenvalue weighted by atomic mass is 10.2. The minimum Gasteiger partial charge on any atom is -0.280 e. The van der Waals surface area contributed by atoms with Crippen molar-refractivity contribution in [1.82, 2.24) is 19.8 Å². The van der Waals surface area contributed by atoms with E-state index in [2.05, 4.69) is 35.1 Å². The molecular formula is C9H14N4. The molecule has 0 radical (unpaired) electrons. The molecular weight excluding hydrogens is 164 g/mol. The van der Waals surface area contributed by atoms with E-state index >= 15 is 0 Å². The summed E-state index contributed by atoms with van der Waals surface area (Å²) in [5.74, 6) is 0.897. The van der Waals surface area contributed by atoms with Crippen molar-refractivity contribution in [3.8, 4) is 0 Å². The van der Waals surface area contributed by atoms with Crippen LogP contribution in [0.3, 0.4) is 0 Å². The number of aromatic amines is 1. The van der Waals surface area contributed by atoms with Gasteiger partial charge in [0.25, 0.3) is 0 Å². The molecule has 0 saturated heterocycles. The molecule has 4 nitrogen and oxygen atoms in total. The molecule has 0 aliphatic rings. The van der Waals surface area contributed by atoms with Crippen LogP contribution in [0.25, 0.3) is 5.65 Å². The lowest BCUT2D eigenvalue weighted by Crippen LogP contribution is -1.91. The van der Waals surface area contributed by atoms with Gasteiger partial charge in [-0.3, -0.25) is 5.10 Å². The summed E-state index contributed by atoms with van der Waals surface area (Å²) in [7, 11) is 0. The van der Waals surface area contributed by atoms with Gasteiger partial charge in [0.15, 0.2) is 11.5 Å². The summed E-state index contributed by atoms with van der Waals surface area (Å²) in [5.41, 5.74) is 2.14. The van der Waals surface area contributed by atoms with Crippen molar-refractivity contribution in [2.24, 2.45) is 0 Å². The number of nitrogens with one attached hydrogen (secondary N) is 1. The number of rotatable bonds is 3. The van der Waals surface area contributed by atoms with Gasteiger partial charge in [0.05, 0.1) is 0 Å². The van der Waals surface area contributed by atoms with Gasteiger partial charge in [-0.25, -0.2) is 4.98 Å². The highest BCUT2D eigenvalue weighted by molar-refractivity contribution is 5.38. The first kappa shape index (κ1) is 8.29. The van der Waals surface area contributed by atoms with Crippen molar-refractivity contribution in [1.29, 1.82) is 0 Å². The Morgan fingerprint density at radius 2 is 2.31 bits per heavy atom. The van der Waals surface area contributed by atoms with Crippen LogP contribution in [0.1, 0.15) is 31.8 Å². The normalized spacial score (nSPS) is 11.2. The molecule has 2 heterocycles. The molecule has 0 aromatic carbocycles. The molecule has 2 aromatic rings. The van der Waals surface area contributed by atoms with Crippen molar-refractivity contribution >= 4 is 5.65 Å². The first-order valence-electron chi connectivity index (χ1n) is 4.77. The van der Waals surface area contributed by atoms with Crippen molar-refractivity contribution in [2.75, 3.05) is 0 Å². The molecule has 0 aliphatic heterocycles. The summed E-state index contributed by atoms with van der Waals surface area (Å²) in [6.07, 6.45) is 3.09. The minimum atomic E-state index is 0.888. The highest BCUT2D eigenvalue weighted by Gasteiger charge is 2.04. The van der Waals surface area contributed by atoms with Crippen LogP contribution in [0.4, 0.5) is 0 Å². The molecule has 4 heteroatoms. The second-order valence-electron chi connectivity index (χ2n) is 3.18. The van der Waals surface area contributed by atoms with Gasteiger partial charge in [0.1, 0.15) is 0 Å². The summed E-state index contributed by atoms with van der Waals surface area (Å²) in [6.45, 7) is 4.22. The Labute approximate surface area is 77.0 Å². The smallest absolute Gasteiger partial charge is 0.175 e. The second kappa shape index (κ2) is 3.20. The maximum absolute atomic E-state index is 4.35. The fourth-order valence-electron chi connectivity index (χ4n) is 1.42. The van der Waals surface area contributed by atoms with Crippen LogP contribution in [0, 0.1) is 0 Å². The van der Waals surface area contributed by atoms with E-state index in [4.69, 9.17) is 0 Å². The van der Waals surface area contributed by atoms with Crippen LogP contribution in [0.2, 0.25) is 0 Å². The number of fused-ring (bicyclic) bond motifs is 1. The molecule has 0 aliphatic carbocycles. The van der Waals surface area contributed by atoms with Crippen molar-refractivity contribution < 1.29 is 0 Å². The van der Waals surface area contributed by atoms with E-state index in [0.29, 0.717) is 0 Å². The fourth-order valence-corrected chi connectivity index (χ4v) is 1.42. The Morgan fingerprint density at radius 3 is 2.92 bits per heavy atom. The molecule has 0 amide bonds. The summed E-state index contributed by atoms with van der Waals surface area (Å²) in [5, 5.41) is 7.48. The average Bonchev–Trinajstić information content (AvgIpc) is 2.61. The third-order valence-corrected chi connectivity index (χ3v) is 2.06. The van der Waals surface area contributed by atoms with Crippen LogP contribution in [0.15, 0.2) is 6.07 Å². The van der Waals surface area contributed by atoms with E-state index < -0.39 is 0 Å². The topological polar surface area (TPSA) is 46.0 Å². The molecule has 0 atom stereocenters. The fraction of sp³-hybridized carbons (Fsp3) is 0.556. The maximum Gasteiger partial charge on any atom is 0.175 e. The Bertz CT molecular complexity index is 367. The highest BCUT2D eigenvalue weighted by Crippen LogP contribution is 2.06. The van der Waals surface area contributed by atoms with E-state index in [1.165, 1.54) is 5.69 Å². The predicted molar refractivity (Wildman–Crippen MR) is 50.7 cm³/mol. The Morgan fingerprint density at radius 1 is 1.46 bits per heavy atom. The van der Waals surface area contributed by atoms with E-state index in [0.717, 1.165) is 30.7 Å². The molecule has 0 fully saturated rings. The first-order valence-corrected chi connectivity index (χ1v) is 4.77. The van der Waals surface area contributed by atoms with Gasteiger partial charge in [-0.15, -0.1) is 5.10 Å². The predicted octanol–water partition coefficient (Wildman–Crippen LogP) is 1.57. The standard InChI is InChI=1S/C9H14N4/c1-3-5-7-6-9-10-8(4-2)12-13(9)11-7/h6,11H,3-5H2,1-2H3. The largest absolute Gasteiger partial charge is 0.280 e. The van der Waals surface area contributed by atoms with Crippen LogP contribution < -0.4 is 0 Å². The maximum atomic E-state index is 4.35. The average molecular weight is 178 g/mol. The Balaban J connectivity index is 2.36. The molecule has 0 unspecified atom stereocenters. The van der Waals surface area contributed by atoms with Gasteiger partial charge >= 0.3 is 0 Å². The summed E-state index contributed by atoms with van der Waals surface area (Å²) in [6, 6.07) is 2.07. The number of hydrogen-bond donors (Lipinski definition) is 1. The Hall–Kier alpha value is -1.32. The zero-order chi connectivity index (χ0) is 9.26. The van der Waals surface area contributed by atoms with Crippen molar-refractivity contribution in [3.63, 3.8) is 0 Å². The zero-order valence-electron chi connectivity index (χ0n) is 8.04. The molecule has 2 aromatic heterocycles. The number of hydrogen-bond acceptors (Lipinski definition) is 2. The van der Waals surface area contributed by atoms with E-state index in [1.54, 1.807) is 4.63 Å². The highest BCUT2D eigenvalue weighted by atomic mass is 15.5. The lowest BCUT2D eigenvalue weighted by molar-refractivity contribution is 0.752. The number of aromatic nitrogens is 4. The van der Waals surface area contributed by atoms with E-state index in [9.17, 15) is 0 Å². The third kappa shape index (κ3) is 1.43. The first-order chi connectivity index (χ1) is 6.33. The SMILES string of the molecule is CCCc1cc2nc(CC)nn2[nH]1. The number of nitrogens with zero attached hydrogens (tertiary/aromatic N) is 3. The minimum absolute atomic E-state index is 0.888. The monoisotopic (exact) mass is 178 g/mol. The lowest BCUT2D eigenvalue weighted by Gasteiger charge is -1.89. The van der Waals surface area contributed by atoms with Gasteiger partial charge in [-0.05, 0) is 6.42 Å². The molecule has 70 valence electrons. The van der Waals surface area contributed by atoms with Crippen LogP contribution in [-0.4, -0.2) is 19.8 Å². The molecule has 0 saturated carbocycles. The second-order valence-corrected chi connectivity index (χ2v) is 3.18. The molecule has 1 N–H and O–H groups in total. The molecule has 0 spiro atoms. The summed E-state index contributed by atoms with van der Waals surface area (Å²) in [4.78, 5) is 4.35. The summed E-state index contributed by atoms with van der Waals surface area (Å²) >= 11 is 0. The van der Waals surface area contributed by atoms with E-state index in [-0.39, 0.29) is 0 Å². The van der Waals surface area contributed by atoms with Gasteiger partial charge in [0, 0.05) is 18.2 Å². The van der Waals surface area contributed by atoms with Crippen LogP contribution >= 0.6 is 0 Å². The van der Waals surface area contributed by atoms with Gasteiger partial charge in [-0.1, -0.05) is 20.3 Å². The zero-order valence-corrected chi connectivity index (χ0v) is 8.04. The third-order valence-electron chi connectivity index (χ3n) is 2.06.